The second-order valence-electron chi connectivity index (χ2n) is 6.38. The zero-order valence-corrected chi connectivity index (χ0v) is 16.9. The molecule has 1 saturated heterocycles. The molecule has 0 aromatic rings. The van der Waals surface area contributed by atoms with E-state index in [-0.39, 0.29) is 12.2 Å². The van der Waals surface area contributed by atoms with Crippen molar-refractivity contribution in [3.8, 4) is 0 Å². The maximum Gasteiger partial charge on any atom is 0.305 e. The molecule has 1 aliphatic heterocycles. The molecule has 0 aromatic carbocycles. The summed E-state index contributed by atoms with van der Waals surface area (Å²) in [5, 5.41) is 2.50. The Morgan fingerprint density at radius 3 is 1.79 bits per heavy atom. The molecule has 0 bridgehead atoms. The smallest absolute Gasteiger partial charge is 0.305 e. The van der Waals surface area contributed by atoms with Crippen LogP contribution in [-0.2, 0) is 47.7 Å². The van der Waals surface area contributed by atoms with Crippen molar-refractivity contribution in [2.24, 2.45) is 0 Å². The van der Waals surface area contributed by atoms with Crippen LogP contribution in [0.1, 0.15) is 34.6 Å². The van der Waals surface area contributed by atoms with Crippen LogP contribution in [-0.4, -0.2) is 67.0 Å². The quantitative estimate of drug-likeness (QED) is 0.336. The van der Waals surface area contributed by atoms with Gasteiger partial charge in [-0.1, -0.05) is 6.58 Å². The topological polar surface area (TPSA) is 144 Å². The molecule has 1 aliphatic rings. The van der Waals surface area contributed by atoms with Gasteiger partial charge < -0.3 is 29.0 Å². The van der Waals surface area contributed by atoms with Crippen LogP contribution in [0.15, 0.2) is 12.2 Å². The number of rotatable bonds is 7. The number of amides is 1. The second-order valence-corrected chi connectivity index (χ2v) is 6.38. The van der Waals surface area contributed by atoms with Crippen LogP contribution in [0.5, 0.6) is 0 Å². The lowest BCUT2D eigenvalue weighted by Crippen LogP contribution is -2.67. The van der Waals surface area contributed by atoms with Gasteiger partial charge in [-0.25, -0.2) is 0 Å². The minimum atomic E-state index is -1.42. The van der Waals surface area contributed by atoms with Crippen molar-refractivity contribution in [3.63, 3.8) is 0 Å². The first kappa shape index (κ1) is 24.1. The summed E-state index contributed by atoms with van der Waals surface area (Å²) in [5.74, 6) is -3.51. The van der Waals surface area contributed by atoms with E-state index in [1.807, 2.05) is 0 Å². The maximum absolute atomic E-state index is 12.2. The third-order valence-corrected chi connectivity index (χ3v) is 3.67. The van der Waals surface area contributed by atoms with Crippen LogP contribution >= 0.6 is 0 Å². The highest BCUT2D eigenvalue weighted by Crippen LogP contribution is 2.28. The minimum absolute atomic E-state index is 0.124. The fourth-order valence-electron chi connectivity index (χ4n) is 2.59. The summed E-state index contributed by atoms with van der Waals surface area (Å²) < 4.78 is 26.2. The van der Waals surface area contributed by atoms with Gasteiger partial charge in [0, 0.05) is 33.3 Å². The van der Waals surface area contributed by atoms with Gasteiger partial charge in [-0.2, -0.15) is 0 Å². The van der Waals surface area contributed by atoms with E-state index >= 15 is 0 Å². The Morgan fingerprint density at radius 2 is 1.34 bits per heavy atom. The average molecular weight is 415 g/mol. The van der Waals surface area contributed by atoms with E-state index < -0.39 is 60.4 Å². The fourth-order valence-corrected chi connectivity index (χ4v) is 2.59. The molecule has 0 spiro atoms. The highest BCUT2D eigenvalue weighted by molar-refractivity contribution is 5.92. The van der Waals surface area contributed by atoms with E-state index in [9.17, 15) is 24.0 Å². The van der Waals surface area contributed by atoms with Gasteiger partial charge in [-0.3, -0.25) is 24.0 Å². The highest BCUT2D eigenvalue weighted by Gasteiger charge is 2.52. The van der Waals surface area contributed by atoms with Crippen molar-refractivity contribution in [2.45, 2.75) is 65.3 Å². The molecule has 1 rings (SSSR count). The molecule has 5 atom stereocenters. The van der Waals surface area contributed by atoms with E-state index in [0.29, 0.717) is 0 Å². The second kappa shape index (κ2) is 10.6. The van der Waals surface area contributed by atoms with Crippen molar-refractivity contribution in [1.82, 2.24) is 5.32 Å². The zero-order chi connectivity index (χ0) is 22.3. The van der Waals surface area contributed by atoms with Crippen molar-refractivity contribution >= 4 is 29.8 Å². The summed E-state index contributed by atoms with van der Waals surface area (Å²) in [7, 11) is 0. The van der Waals surface area contributed by atoms with Crippen LogP contribution in [0, 0.1) is 0 Å². The Labute approximate surface area is 167 Å². The molecule has 29 heavy (non-hydrogen) atoms. The van der Waals surface area contributed by atoms with Gasteiger partial charge in [0.05, 0.1) is 0 Å². The standard InChI is InChI=1S/C18H25NO10/c1-8(2)17(24)19-14-16(27-11(5)22)15(26-10(4)21)13(7-25-9(3)20)29-18(14)28-12(6)23/h13-16,18H,1,7H2,2-6H3,(H,19,24)/t13-,14-,15+,16-,18-/m0/s1. The molecule has 0 aliphatic carbocycles. The molecule has 1 fully saturated rings. The predicted octanol–water partition coefficient (Wildman–Crippen LogP) is -0.238. The van der Waals surface area contributed by atoms with Gasteiger partial charge in [-0.05, 0) is 6.92 Å². The third kappa shape index (κ3) is 7.53. The molecular weight excluding hydrogens is 390 g/mol. The molecule has 0 radical (unpaired) electrons. The Hall–Kier alpha value is -2.95. The molecule has 162 valence electrons. The van der Waals surface area contributed by atoms with Crippen LogP contribution in [0.4, 0.5) is 0 Å². The molecule has 1 heterocycles. The number of ether oxygens (including phenoxy) is 5. The molecule has 1 N–H and O–H groups in total. The Balaban J connectivity index is 3.36. The fraction of sp³-hybridized carbons (Fsp3) is 0.611. The lowest BCUT2D eigenvalue weighted by Gasteiger charge is -2.44. The molecule has 0 aromatic heterocycles. The summed E-state index contributed by atoms with van der Waals surface area (Å²) >= 11 is 0. The number of hydrogen-bond acceptors (Lipinski definition) is 10. The summed E-state index contributed by atoms with van der Waals surface area (Å²) in [6.07, 6.45) is -5.14. The van der Waals surface area contributed by atoms with E-state index in [2.05, 4.69) is 11.9 Å². The van der Waals surface area contributed by atoms with E-state index in [1.54, 1.807) is 0 Å². The normalized spacial score (nSPS) is 25.9. The van der Waals surface area contributed by atoms with Crippen LogP contribution in [0.2, 0.25) is 0 Å². The largest absolute Gasteiger partial charge is 0.463 e. The van der Waals surface area contributed by atoms with Gasteiger partial charge in [-0.15, -0.1) is 0 Å². The van der Waals surface area contributed by atoms with E-state index in [4.69, 9.17) is 23.7 Å². The lowest BCUT2D eigenvalue weighted by molar-refractivity contribution is -0.270. The summed E-state index contributed by atoms with van der Waals surface area (Å²) in [5.41, 5.74) is 0.124. The van der Waals surface area contributed by atoms with Gasteiger partial charge in [0.2, 0.25) is 12.2 Å². The molecule has 11 heteroatoms. The first-order chi connectivity index (χ1) is 13.4. The van der Waals surface area contributed by atoms with Crippen molar-refractivity contribution < 1.29 is 47.7 Å². The number of hydrogen-bond donors (Lipinski definition) is 1. The van der Waals surface area contributed by atoms with Gasteiger partial charge in [0.15, 0.2) is 12.2 Å². The van der Waals surface area contributed by atoms with Crippen molar-refractivity contribution in [1.29, 1.82) is 0 Å². The zero-order valence-electron chi connectivity index (χ0n) is 16.9. The molecule has 0 saturated carbocycles. The van der Waals surface area contributed by atoms with E-state index in [0.717, 1.165) is 27.7 Å². The lowest BCUT2D eigenvalue weighted by atomic mass is 9.95. The number of nitrogens with one attached hydrogen (secondary N) is 1. The molecule has 11 nitrogen and oxygen atoms in total. The Morgan fingerprint density at radius 1 is 0.828 bits per heavy atom. The van der Waals surface area contributed by atoms with Gasteiger partial charge in [0.1, 0.15) is 18.8 Å². The summed E-state index contributed by atoms with van der Waals surface area (Å²) in [4.78, 5) is 58.2. The molecule has 1 amide bonds. The monoisotopic (exact) mass is 415 g/mol. The maximum atomic E-state index is 12.2. The average Bonchev–Trinajstić information content (AvgIpc) is 2.56. The predicted molar refractivity (Wildman–Crippen MR) is 94.9 cm³/mol. The third-order valence-electron chi connectivity index (χ3n) is 3.67. The summed E-state index contributed by atoms with van der Waals surface area (Å²) in [6.45, 7) is 9.07. The molecular formula is C18H25NO10. The summed E-state index contributed by atoms with van der Waals surface area (Å²) in [6, 6.07) is -1.23. The first-order valence-electron chi connectivity index (χ1n) is 8.69. The Kier molecular flexibility index (Phi) is 8.77. The van der Waals surface area contributed by atoms with Crippen molar-refractivity contribution in [2.75, 3.05) is 6.61 Å². The SMILES string of the molecule is C=C(C)C(=O)N[C@@H]1[C@@H](OC(C)=O)O[C@@H](COC(C)=O)[C@@H](OC(C)=O)[C@H]1OC(C)=O. The minimum Gasteiger partial charge on any atom is -0.463 e. The van der Waals surface area contributed by atoms with E-state index in [1.165, 1.54) is 6.92 Å². The van der Waals surface area contributed by atoms with Crippen LogP contribution in [0.25, 0.3) is 0 Å². The number of esters is 4. The van der Waals surface area contributed by atoms with Crippen molar-refractivity contribution in [3.05, 3.63) is 12.2 Å². The van der Waals surface area contributed by atoms with Crippen LogP contribution in [0.3, 0.4) is 0 Å². The highest BCUT2D eigenvalue weighted by atomic mass is 16.7. The Bertz CT molecular complexity index is 688. The number of carbonyl (C=O) groups excluding carboxylic acids is 5. The van der Waals surface area contributed by atoms with Gasteiger partial charge >= 0.3 is 23.9 Å². The molecule has 0 unspecified atom stereocenters. The first-order valence-corrected chi connectivity index (χ1v) is 8.69. The van der Waals surface area contributed by atoms with Crippen LogP contribution < -0.4 is 5.32 Å². The van der Waals surface area contributed by atoms with Gasteiger partial charge in [0.25, 0.3) is 0 Å². The number of carbonyl (C=O) groups is 5.